The summed E-state index contributed by atoms with van der Waals surface area (Å²) in [5.41, 5.74) is -0.935. The van der Waals surface area contributed by atoms with Gasteiger partial charge in [-0.2, -0.15) is 0 Å². The van der Waals surface area contributed by atoms with Crippen molar-refractivity contribution in [1.82, 2.24) is 0 Å². The fourth-order valence-electron chi connectivity index (χ4n) is 1.71. The number of hydrogen-bond donors (Lipinski definition) is 2. The van der Waals surface area contributed by atoms with Crippen molar-refractivity contribution in [2.45, 2.75) is 0 Å². The van der Waals surface area contributed by atoms with Gasteiger partial charge in [0.25, 0.3) is 5.91 Å². The molecule has 0 unspecified atom stereocenters. The first-order chi connectivity index (χ1) is 9.90. The van der Waals surface area contributed by atoms with E-state index in [1.54, 1.807) is 0 Å². The molecule has 1 amide bonds. The first kappa shape index (κ1) is 14.9. The number of rotatable bonds is 3. The Bertz CT molecular complexity index is 734. The summed E-state index contributed by atoms with van der Waals surface area (Å²) in [6, 6.07) is 6.58. The molecule has 0 atom stereocenters. The van der Waals surface area contributed by atoms with E-state index < -0.39 is 29.1 Å². The van der Waals surface area contributed by atoms with E-state index in [9.17, 15) is 18.4 Å². The Morgan fingerprint density at radius 2 is 1.86 bits per heavy atom. The predicted octanol–water partition coefficient (Wildman–Crippen LogP) is 3.57. The highest BCUT2D eigenvalue weighted by molar-refractivity contribution is 6.34. The molecule has 21 heavy (non-hydrogen) atoms. The molecule has 0 heterocycles. The molecular formula is C14H8ClF2NO3. The molecule has 4 nitrogen and oxygen atoms in total. The lowest BCUT2D eigenvalue weighted by molar-refractivity contribution is 0.0693. The van der Waals surface area contributed by atoms with Gasteiger partial charge in [-0.25, -0.2) is 13.6 Å². The normalized spacial score (nSPS) is 10.2. The van der Waals surface area contributed by atoms with Crippen LogP contribution in [0.25, 0.3) is 0 Å². The molecule has 0 radical (unpaired) electrons. The number of carboxylic acid groups (broad SMARTS) is 1. The predicted molar refractivity (Wildman–Crippen MR) is 72.7 cm³/mol. The zero-order chi connectivity index (χ0) is 15.6. The van der Waals surface area contributed by atoms with Crippen molar-refractivity contribution in [2.75, 3.05) is 5.32 Å². The summed E-state index contributed by atoms with van der Waals surface area (Å²) in [4.78, 5) is 23.0. The van der Waals surface area contributed by atoms with Gasteiger partial charge >= 0.3 is 5.97 Å². The van der Waals surface area contributed by atoms with Crippen LogP contribution in [0, 0.1) is 11.6 Å². The third-order valence-corrected chi connectivity index (χ3v) is 2.96. The maximum Gasteiger partial charge on any atom is 0.340 e. The molecule has 0 bridgehead atoms. The van der Waals surface area contributed by atoms with E-state index in [0.717, 1.165) is 24.3 Å². The number of carbonyl (C=O) groups excluding carboxylic acids is 1. The van der Waals surface area contributed by atoms with Crippen LogP contribution in [-0.2, 0) is 0 Å². The second-order valence-electron chi connectivity index (χ2n) is 4.05. The fraction of sp³-hybridized carbons (Fsp3) is 0. The summed E-state index contributed by atoms with van der Waals surface area (Å²) in [6.07, 6.45) is 0. The van der Waals surface area contributed by atoms with Crippen molar-refractivity contribution in [3.05, 3.63) is 64.2 Å². The molecule has 2 rings (SSSR count). The molecule has 0 aliphatic rings. The highest BCUT2D eigenvalue weighted by atomic mass is 35.5. The van der Waals surface area contributed by atoms with E-state index in [4.69, 9.17) is 16.7 Å². The maximum absolute atomic E-state index is 13.5. The van der Waals surface area contributed by atoms with E-state index in [1.165, 1.54) is 12.1 Å². The van der Waals surface area contributed by atoms with Crippen molar-refractivity contribution >= 4 is 29.2 Å². The third kappa shape index (κ3) is 3.17. The van der Waals surface area contributed by atoms with Crippen LogP contribution in [0.3, 0.4) is 0 Å². The minimum atomic E-state index is -1.52. The lowest BCUT2D eigenvalue weighted by Gasteiger charge is -2.10. The van der Waals surface area contributed by atoms with E-state index in [2.05, 4.69) is 5.32 Å². The van der Waals surface area contributed by atoms with Crippen molar-refractivity contribution in [2.24, 2.45) is 0 Å². The second-order valence-corrected chi connectivity index (χ2v) is 4.45. The van der Waals surface area contributed by atoms with E-state index in [1.807, 2.05) is 0 Å². The summed E-state index contributed by atoms with van der Waals surface area (Å²) in [7, 11) is 0. The zero-order valence-electron chi connectivity index (χ0n) is 10.4. The topological polar surface area (TPSA) is 66.4 Å². The highest BCUT2D eigenvalue weighted by Crippen LogP contribution is 2.22. The van der Waals surface area contributed by atoms with Gasteiger partial charge in [0, 0.05) is 0 Å². The molecule has 0 saturated heterocycles. The molecule has 0 saturated carbocycles. The van der Waals surface area contributed by atoms with Gasteiger partial charge in [-0.3, -0.25) is 4.79 Å². The lowest BCUT2D eigenvalue weighted by Crippen LogP contribution is -2.16. The molecule has 108 valence electrons. The summed E-state index contributed by atoms with van der Waals surface area (Å²) < 4.78 is 26.4. The molecule has 0 aliphatic carbocycles. The average Bonchev–Trinajstić information content (AvgIpc) is 2.37. The monoisotopic (exact) mass is 311 g/mol. The van der Waals surface area contributed by atoms with Gasteiger partial charge < -0.3 is 10.4 Å². The first-order valence-electron chi connectivity index (χ1n) is 5.68. The standard InChI is InChI=1S/C14H8ClF2NO3/c15-9-6-7(16)4-5-8(9)13(19)18-11-3-1-2-10(17)12(11)14(20)21/h1-6H,(H,18,19)(H,20,21). The van der Waals surface area contributed by atoms with Crippen molar-refractivity contribution < 1.29 is 23.5 Å². The SMILES string of the molecule is O=C(Nc1cccc(F)c1C(=O)O)c1ccc(F)cc1Cl. The molecule has 0 fully saturated rings. The Labute approximate surface area is 123 Å². The number of carboxylic acids is 1. The second kappa shape index (κ2) is 5.88. The molecule has 0 spiro atoms. The van der Waals surface area contributed by atoms with E-state index in [0.29, 0.717) is 0 Å². The number of nitrogens with one attached hydrogen (secondary N) is 1. The average molecular weight is 312 g/mol. The number of halogens is 3. The molecular weight excluding hydrogens is 304 g/mol. The van der Waals surface area contributed by atoms with Crippen LogP contribution in [0.15, 0.2) is 36.4 Å². The quantitative estimate of drug-likeness (QED) is 0.910. The van der Waals surface area contributed by atoms with Gasteiger partial charge in [0.2, 0.25) is 0 Å². The van der Waals surface area contributed by atoms with Crippen LogP contribution in [0.2, 0.25) is 5.02 Å². The Kier molecular flexibility index (Phi) is 4.18. The molecule has 0 aromatic heterocycles. The summed E-state index contributed by atoms with van der Waals surface area (Å²) >= 11 is 5.73. The van der Waals surface area contributed by atoms with Crippen LogP contribution >= 0.6 is 11.6 Å². The lowest BCUT2D eigenvalue weighted by atomic mass is 10.1. The van der Waals surface area contributed by atoms with Crippen LogP contribution < -0.4 is 5.32 Å². The van der Waals surface area contributed by atoms with Crippen LogP contribution in [0.4, 0.5) is 14.5 Å². The molecule has 2 aromatic rings. The van der Waals surface area contributed by atoms with Gasteiger partial charge in [0.15, 0.2) is 0 Å². The third-order valence-electron chi connectivity index (χ3n) is 2.65. The molecule has 7 heteroatoms. The van der Waals surface area contributed by atoms with Gasteiger partial charge in [-0.05, 0) is 30.3 Å². The van der Waals surface area contributed by atoms with Gasteiger partial charge in [-0.1, -0.05) is 17.7 Å². The number of hydrogen-bond acceptors (Lipinski definition) is 2. The molecule has 0 aliphatic heterocycles. The van der Waals surface area contributed by atoms with Crippen molar-refractivity contribution in [3.63, 3.8) is 0 Å². The van der Waals surface area contributed by atoms with Crippen LogP contribution in [-0.4, -0.2) is 17.0 Å². The first-order valence-corrected chi connectivity index (χ1v) is 6.06. The summed E-state index contributed by atoms with van der Waals surface area (Å²) in [5.74, 6) is -3.89. The Hall–Kier alpha value is -2.47. The number of amides is 1. The van der Waals surface area contributed by atoms with Gasteiger partial charge in [-0.15, -0.1) is 0 Å². The largest absolute Gasteiger partial charge is 0.478 e. The molecule has 2 N–H and O–H groups in total. The zero-order valence-corrected chi connectivity index (χ0v) is 11.1. The Balaban J connectivity index is 2.36. The van der Waals surface area contributed by atoms with E-state index >= 15 is 0 Å². The number of aromatic carboxylic acids is 1. The fourth-order valence-corrected chi connectivity index (χ4v) is 1.96. The Morgan fingerprint density at radius 3 is 2.48 bits per heavy atom. The smallest absolute Gasteiger partial charge is 0.340 e. The number of anilines is 1. The highest BCUT2D eigenvalue weighted by Gasteiger charge is 2.19. The van der Waals surface area contributed by atoms with Crippen LogP contribution in [0.1, 0.15) is 20.7 Å². The summed E-state index contributed by atoms with van der Waals surface area (Å²) in [5, 5.41) is 11.1. The van der Waals surface area contributed by atoms with Gasteiger partial charge in [0.05, 0.1) is 16.3 Å². The van der Waals surface area contributed by atoms with E-state index in [-0.39, 0.29) is 16.3 Å². The van der Waals surface area contributed by atoms with Crippen molar-refractivity contribution in [1.29, 1.82) is 0 Å². The van der Waals surface area contributed by atoms with Crippen molar-refractivity contribution in [3.8, 4) is 0 Å². The summed E-state index contributed by atoms with van der Waals surface area (Å²) in [6.45, 7) is 0. The van der Waals surface area contributed by atoms with Gasteiger partial charge in [0.1, 0.15) is 17.2 Å². The minimum Gasteiger partial charge on any atom is -0.478 e. The number of carbonyl (C=O) groups is 2. The minimum absolute atomic E-state index is 0.0568. The molecule has 2 aromatic carbocycles. The van der Waals surface area contributed by atoms with Crippen LogP contribution in [0.5, 0.6) is 0 Å². The number of benzene rings is 2. The maximum atomic E-state index is 13.5. The Morgan fingerprint density at radius 1 is 1.14 bits per heavy atom.